The molecule has 0 unspecified atom stereocenters. The van der Waals surface area contributed by atoms with Gasteiger partial charge in [-0.3, -0.25) is 0 Å². The number of hydrogen-bond donors (Lipinski definition) is 0. The number of carbonyl (C=O) groups is 1. The molecule has 0 aliphatic heterocycles. The lowest BCUT2D eigenvalue weighted by molar-refractivity contribution is -0.134. The van der Waals surface area contributed by atoms with E-state index in [2.05, 4.69) is 23.5 Å². The second kappa shape index (κ2) is 6.85. The van der Waals surface area contributed by atoms with Crippen molar-refractivity contribution in [2.24, 2.45) is 0 Å². The first kappa shape index (κ1) is 11.2. The summed E-state index contributed by atoms with van der Waals surface area (Å²) in [6.07, 6.45) is 3.27. The molecule has 70 valence electrons. The molecule has 12 heavy (non-hydrogen) atoms. The van der Waals surface area contributed by atoms with Gasteiger partial charge in [0.25, 0.3) is 0 Å². The fraction of sp³-hybridized carbons (Fsp3) is 0.667. The van der Waals surface area contributed by atoms with E-state index in [1.807, 2.05) is 6.08 Å². The van der Waals surface area contributed by atoms with Crippen LogP contribution >= 0.6 is 0 Å². The lowest BCUT2D eigenvalue weighted by Crippen LogP contribution is -2.22. The molecule has 0 amide bonds. The van der Waals surface area contributed by atoms with Gasteiger partial charge >= 0.3 is 5.97 Å². The Balaban J connectivity index is 3.64. The van der Waals surface area contributed by atoms with E-state index < -0.39 is 0 Å². The van der Waals surface area contributed by atoms with Crippen molar-refractivity contribution in [2.45, 2.75) is 13.8 Å². The largest absolute Gasteiger partial charge is 0.466 e. The van der Waals surface area contributed by atoms with Gasteiger partial charge in [-0.05, 0) is 13.1 Å². The minimum Gasteiger partial charge on any atom is -0.466 e. The molecule has 0 radical (unpaired) electrons. The fourth-order valence-corrected chi connectivity index (χ4v) is 0.848. The van der Waals surface area contributed by atoms with E-state index in [1.54, 1.807) is 0 Å². The zero-order valence-electron chi connectivity index (χ0n) is 8.04. The molecule has 0 aromatic carbocycles. The van der Waals surface area contributed by atoms with E-state index in [9.17, 15) is 4.79 Å². The third-order valence-corrected chi connectivity index (χ3v) is 1.71. The van der Waals surface area contributed by atoms with Crippen molar-refractivity contribution in [3.8, 4) is 0 Å². The van der Waals surface area contributed by atoms with Crippen molar-refractivity contribution < 1.29 is 9.53 Å². The number of ether oxygens (including phenoxy) is 1. The number of hydrogen-bond acceptors (Lipinski definition) is 3. The topological polar surface area (TPSA) is 29.5 Å². The highest BCUT2D eigenvalue weighted by Crippen LogP contribution is 1.87. The molecule has 0 N–H and O–H groups in total. The van der Waals surface area contributed by atoms with Crippen LogP contribution in [0.5, 0.6) is 0 Å². The summed E-state index contributed by atoms with van der Waals surface area (Å²) in [5, 5.41) is 0. The molecular weight excluding hydrogens is 154 g/mol. The van der Waals surface area contributed by atoms with Crippen LogP contribution in [0.25, 0.3) is 0 Å². The Kier molecular flexibility index (Phi) is 6.38. The average Bonchev–Trinajstić information content (AvgIpc) is 2.12. The van der Waals surface area contributed by atoms with Crippen LogP contribution in [0.2, 0.25) is 0 Å². The number of esters is 1. The van der Waals surface area contributed by atoms with E-state index >= 15 is 0 Å². The van der Waals surface area contributed by atoms with Crippen molar-refractivity contribution >= 4 is 5.97 Å². The number of rotatable bonds is 5. The smallest absolute Gasteiger partial charge is 0.330 e. The van der Waals surface area contributed by atoms with Gasteiger partial charge in [0.15, 0.2) is 0 Å². The van der Waals surface area contributed by atoms with E-state index in [0.717, 1.165) is 19.6 Å². The van der Waals surface area contributed by atoms with Gasteiger partial charge < -0.3 is 9.64 Å². The maximum atomic E-state index is 10.6. The van der Waals surface area contributed by atoms with E-state index in [4.69, 9.17) is 0 Å². The normalized spacial score (nSPS) is 11.0. The Morgan fingerprint density at radius 2 is 2.00 bits per heavy atom. The molecule has 0 aliphatic carbocycles. The van der Waals surface area contributed by atoms with Crippen molar-refractivity contribution in [1.29, 1.82) is 0 Å². The monoisotopic (exact) mass is 171 g/mol. The van der Waals surface area contributed by atoms with Gasteiger partial charge in [-0.1, -0.05) is 19.9 Å². The number of carbonyl (C=O) groups excluding carboxylic acids is 1. The highest BCUT2D eigenvalue weighted by molar-refractivity contribution is 5.81. The average molecular weight is 171 g/mol. The zero-order valence-corrected chi connectivity index (χ0v) is 8.04. The SMILES string of the molecule is CCN(CC)C/C=C/C(=O)OC. The Morgan fingerprint density at radius 3 is 2.42 bits per heavy atom. The predicted octanol–water partition coefficient (Wildman–Crippen LogP) is 1.06. The van der Waals surface area contributed by atoms with Crippen LogP contribution in [-0.4, -0.2) is 37.6 Å². The molecule has 0 rings (SSSR count). The summed E-state index contributed by atoms with van der Waals surface area (Å²) in [6, 6.07) is 0. The highest BCUT2D eigenvalue weighted by Gasteiger charge is 1.95. The van der Waals surface area contributed by atoms with E-state index in [0.29, 0.717) is 0 Å². The fourth-order valence-electron chi connectivity index (χ4n) is 0.848. The first-order valence-electron chi connectivity index (χ1n) is 4.21. The summed E-state index contributed by atoms with van der Waals surface area (Å²) >= 11 is 0. The van der Waals surface area contributed by atoms with Gasteiger partial charge in [0.1, 0.15) is 0 Å². The van der Waals surface area contributed by atoms with Crippen LogP contribution in [0.1, 0.15) is 13.8 Å². The Hall–Kier alpha value is -0.830. The van der Waals surface area contributed by atoms with Crippen molar-refractivity contribution in [1.82, 2.24) is 4.90 Å². The maximum Gasteiger partial charge on any atom is 0.330 e. The summed E-state index contributed by atoms with van der Waals surface area (Å²) in [4.78, 5) is 12.9. The molecule has 0 heterocycles. The minimum absolute atomic E-state index is 0.290. The van der Waals surface area contributed by atoms with Crippen molar-refractivity contribution in [3.05, 3.63) is 12.2 Å². The maximum absolute atomic E-state index is 10.6. The van der Waals surface area contributed by atoms with Crippen LogP contribution in [0.15, 0.2) is 12.2 Å². The van der Waals surface area contributed by atoms with Gasteiger partial charge in [0.05, 0.1) is 7.11 Å². The van der Waals surface area contributed by atoms with Crippen molar-refractivity contribution in [3.63, 3.8) is 0 Å². The quantitative estimate of drug-likeness (QED) is 0.457. The van der Waals surface area contributed by atoms with Crippen LogP contribution < -0.4 is 0 Å². The number of methoxy groups -OCH3 is 1. The van der Waals surface area contributed by atoms with Crippen molar-refractivity contribution in [2.75, 3.05) is 26.7 Å². The summed E-state index contributed by atoms with van der Waals surface area (Å²) in [5.41, 5.74) is 0. The molecule has 3 heteroatoms. The van der Waals surface area contributed by atoms with Crippen LogP contribution in [0.3, 0.4) is 0 Å². The van der Waals surface area contributed by atoms with Crippen LogP contribution in [0, 0.1) is 0 Å². The molecule has 0 fully saturated rings. The molecule has 3 nitrogen and oxygen atoms in total. The Bertz CT molecular complexity index is 151. The molecule has 0 atom stereocenters. The molecule has 0 aliphatic rings. The van der Waals surface area contributed by atoms with Gasteiger partial charge in [0, 0.05) is 12.6 Å². The van der Waals surface area contributed by atoms with Gasteiger partial charge in [-0.2, -0.15) is 0 Å². The third-order valence-electron chi connectivity index (χ3n) is 1.71. The lowest BCUT2D eigenvalue weighted by Gasteiger charge is -2.14. The Labute approximate surface area is 74.0 Å². The zero-order chi connectivity index (χ0) is 9.40. The second-order valence-corrected chi connectivity index (χ2v) is 2.41. The molecule has 0 aromatic heterocycles. The molecule has 0 saturated carbocycles. The highest BCUT2D eigenvalue weighted by atomic mass is 16.5. The van der Waals surface area contributed by atoms with Gasteiger partial charge in [-0.15, -0.1) is 0 Å². The van der Waals surface area contributed by atoms with E-state index in [-0.39, 0.29) is 5.97 Å². The third kappa shape index (κ3) is 4.91. The molecule has 0 aromatic rings. The van der Waals surface area contributed by atoms with Gasteiger partial charge in [0.2, 0.25) is 0 Å². The summed E-state index contributed by atoms with van der Waals surface area (Å²) in [6.45, 7) is 7.00. The second-order valence-electron chi connectivity index (χ2n) is 2.41. The summed E-state index contributed by atoms with van der Waals surface area (Å²) in [5.74, 6) is -0.290. The number of nitrogens with zero attached hydrogens (tertiary/aromatic N) is 1. The summed E-state index contributed by atoms with van der Waals surface area (Å²) in [7, 11) is 1.38. The molecular formula is C9H17NO2. The van der Waals surface area contributed by atoms with E-state index in [1.165, 1.54) is 13.2 Å². The lowest BCUT2D eigenvalue weighted by atomic mass is 10.4. The first-order valence-corrected chi connectivity index (χ1v) is 4.21. The Morgan fingerprint density at radius 1 is 1.42 bits per heavy atom. The molecule has 0 saturated heterocycles. The molecule has 0 spiro atoms. The predicted molar refractivity (Wildman–Crippen MR) is 48.9 cm³/mol. The van der Waals surface area contributed by atoms with Crippen LogP contribution in [-0.2, 0) is 9.53 Å². The minimum atomic E-state index is -0.290. The number of likely N-dealkylation sites (N-methyl/N-ethyl adjacent to an activating group) is 1. The standard InChI is InChI=1S/C9H17NO2/c1-4-10(5-2)8-6-7-9(11)12-3/h6-7H,4-5,8H2,1-3H3/b7-6+. The molecule has 0 bridgehead atoms. The van der Waals surface area contributed by atoms with Crippen LogP contribution in [0.4, 0.5) is 0 Å². The first-order chi connectivity index (χ1) is 5.74. The summed E-state index contributed by atoms with van der Waals surface area (Å²) < 4.78 is 4.46. The van der Waals surface area contributed by atoms with Gasteiger partial charge in [-0.25, -0.2) is 4.79 Å².